The lowest BCUT2D eigenvalue weighted by Crippen LogP contribution is -2.33. The van der Waals surface area contributed by atoms with E-state index in [2.05, 4.69) is 10.3 Å². The van der Waals surface area contributed by atoms with Crippen LogP contribution in [0.1, 0.15) is 34.6 Å². The Kier molecular flexibility index (Phi) is 6.92. The Hall–Kier alpha value is -2.26. The number of amides is 1. The molecule has 6 nitrogen and oxygen atoms in total. The molecule has 0 unspecified atom stereocenters. The van der Waals surface area contributed by atoms with Crippen molar-refractivity contribution in [1.29, 1.82) is 0 Å². The monoisotopic (exact) mass is 463 g/mol. The molecule has 0 aliphatic rings. The van der Waals surface area contributed by atoms with Crippen LogP contribution in [0.3, 0.4) is 0 Å². The van der Waals surface area contributed by atoms with E-state index in [4.69, 9.17) is 11.6 Å². The number of benzene rings is 2. The zero-order chi connectivity index (χ0) is 21.9. The smallest absolute Gasteiger partial charge is 0.257 e. The number of rotatable bonds is 7. The van der Waals surface area contributed by atoms with Gasteiger partial charge in [0.05, 0.1) is 4.90 Å². The molecule has 3 aromatic rings. The van der Waals surface area contributed by atoms with E-state index in [1.165, 1.54) is 47.0 Å². The molecule has 0 spiro atoms. The highest BCUT2D eigenvalue weighted by molar-refractivity contribution is 7.89. The topological polar surface area (TPSA) is 79.4 Å². The van der Waals surface area contributed by atoms with Gasteiger partial charge in [-0.25, -0.2) is 13.4 Å². The van der Waals surface area contributed by atoms with E-state index in [1.54, 1.807) is 20.0 Å². The molecule has 0 saturated heterocycles. The summed E-state index contributed by atoms with van der Waals surface area (Å²) < 4.78 is 26.3. The number of halogens is 1. The summed E-state index contributed by atoms with van der Waals surface area (Å²) in [5, 5.41) is 3.91. The van der Waals surface area contributed by atoms with Crippen molar-refractivity contribution in [2.24, 2.45) is 0 Å². The van der Waals surface area contributed by atoms with Gasteiger partial charge in [-0.05, 0) is 55.8 Å². The van der Waals surface area contributed by atoms with Crippen molar-refractivity contribution < 1.29 is 13.2 Å². The number of hydrogen-bond acceptors (Lipinski definition) is 5. The summed E-state index contributed by atoms with van der Waals surface area (Å²) in [5.41, 5.74) is 1.42. The second-order valence-corrected chi connectivity index (χ2v) is 10.6. The number of anilines is 1. The van der Waals surface area contributed by atoms with E-state index in [0.717, 1.165) is 10.4 Å². The Labute approximate surface area is 185 Å². The molecular weight excluding hydrogens is 442 g/mol. The quantitative estimate of drug-likeness (QED) is 0.552. The molecule has 30 heavy (non-hydrogen) atoms. The van der Waals surface area contributed by atoms with Gasteiger partial charge in [0, 0.05) is 41.2 Å². The van der Waals surface area contributed by atoms with Gasteiger partial charge in [0.15, 0.2) is 5.13 Å². The molecule has 0 fully saturated rings. The van der Waals surface area contributed by atoms with E-state index in [1.807, 2.05) is 24.3 Å². The number of nitrogens with one attached hydrogen (secondary N) is 1. The lowest BCUT2D eigenvalue weighted by Gasteiger charge is -2.20. The van der Waals surface area contributed by atoms with Crippen LogP contribution in [-0.4, -0.2) is 36.7 Å². The van der Waals surface area contributed by atoms with Gasteiger partial charge in [-0.3, -0.25) is 10.1 Å². The number of aromatic nitrogens is 1. The molecular formula is C21H22ClN3O3S2. The maximum Gasteiger partial charge on any atom is 0.257 e. The van der Waals surface area contributed by atoms with Crippen LogP contribution in [0, 0.1) is 0 Å². The van der Waals surface area contributed by atoms with Crippen LogP contribution in [0.2, 0.25) is 5.02 Å². The third-order valence-corrected chi connectivity index (χ3v) is 7.76. The van der Waals surface area contributed by atoms with Crippen molar-refractivity contribution >= 4 is 44.0 Å². The molecule has 0 aliphatic carbocycles. The summed E-state index contributed by atoms with van der Waals surface area (Å²) in [6.07, 6.45) is 2.39. The Bertz CT molecular complexity index is 1140. The molecule has 0 saturated carbocycles. The van der Waals surface area contributed by atoms with Gasteiger partial charge in [-0.15, -0.1) is 11.3 Å². The zero-order valence-electron chi connectivity index (χ0n) is 16.8. The van der Waals surface area contributed by atoms with E-state index >= 15 is 0 Å². The first-order valence-electron chi connectivity index (χ1n) is 9.25. The molecule has 0 aliphatic heterocycles. The lowest BCUT2D eigenvalue weighted by atomic mass is 10.1. The first kappa shape index (κ1) is 22.4. The molecule has 2 aromatic carbocycles. The molecule has 1 amide bonds. The molecule has 0 radical (unpaired) electrons. The minimum absolute atomic E-state index is 0.147. The van der Waals surface area contributed by atoms with Crippen molar-refractivity contribution in [3.05, 3.63) is 75.8 Å². The van der Waals surface area contributed by atoms with Gasteiger partial charge < -0.3 is 0 Å². The number of sulfonamides is 1. The summed E-state index contributed by atoms with van der Waals surface area (Å²) in [4.78, 5) is 17.9. The summed E-state index contributed by atoms with van der Waals surface area (Å²) in [7, 11) is -2.06. The van der Waals surface area contributed by atoms with Crippen LogP contribution in [0.15, 0.2) is 59.6 Å². The van der Waals surface area contributed by atoms with Crippen molar-refractivity contribution in [2.75, 3.05) is 12.4 Å². The highest BCUT2D eigenvalue weighted by atomic mass is 35.5. The Morgan fingerprint density at radius 2 is 1.90 bits per heavy atom. The molecule has 1 aromatic heterocycles. The van der Waals surface area contributed by atoms with Gasteiger partial charge in [0.25, 0.3) is 5.91 Å². The van der Waals surface area contributed by atoms with Crippen LogP contribution in [0.5, 0.6) is 0 Å². The van der Waals surface area contributed by atoms with E-state index in [0.29, 0.717) is 22.1 Å². The van der Waals surface area contributed by atoms with Gasteiger partial charge in [-0.1, -0.05) is 23.7 Å². The normalized spacial score (nSPS) is 11.8. The third kappa shape index (κ3) is 5.26. The summed E-state index contributed by atoms with van der Waals surface area (Å²) in [6, 6.07) is 13.3. The zero-order valence-corrected chi connectivity index (χ0v) is 19.2. The number of hydrogen-bond donors (Lipinski definition) is 1. The SMILES string of the molecule is CC(C)N(C)S(=O)(=O)c1ccc(C(=O)Nc2ncc(Cc3cccc(Cl)c3)s2)cc1. The number of thiazole rings is 1. The Morgan fingerprint density at radius 3 is 2.53 bits per heavy atom. The average molecular weight is 464 g/mol. The highest BCUT2D eigenvalue weighted by Crippen LogP contribution is 2.23. The van der Waals surface area contributed by atoms with E-state index in [-0.39, 0.29) is 16.8 Å². The predicted octanol–water partition coefficient (Wildman–Crippen LogP) is 4.67. The molecule has 158 valence electrons. The first-order chi connectivity index (χ1) is 14.2. The van der Waals surface area contributed by atoms with Crippen molar-refractivity contribution in [2.45, 2.75) is 31.2 Å². The van der Waals surface area contributed by atoms with E-state index in [9.17, 15) is 13.2 Å². The summed E-state index contributed by atoms with van der Waals surface area (Å²) in [6.45, 7) is 3.60. The predicted molar refractivity (Wildman–Crippen MR) is 121 cm³/mol. The molecule has 0 atom stereocenters. The largest absolute Gasteiger partial charge is 0.298 e. The van der Waals surface area contributed by atoms with Gasteiger partial charge in [-0.2, -0.15) is 4.31 Å². The summed E-state index contributed by atoms with van der Waals surface area (Å²) in [5.74, 6) is -0.347. The fourth-order valence-electron chi connectivity index (χ4n) is 2.69. The maximum absolute atomic E-state index is 12.5. The number of carbonyl (C=O) groups is 1. The van der Waals surface area contributed by atoms with Crippen LogP contribution in [0.25, 0.3) is 0 Å². The molecule has 3 rings (SSSR count). The Morgan fingerprint density at radius 1 is 1.20 bits per heavy atom. The maximum atomic E-state index is 12.5. The standard InChI is InChI=1S/C21H22ClN3O3S2/c1-14(2)25(3)30(27,28)19-9-7-16(8-10-19)20(26)24-21-23-13-18(29-21)12-15-5-4-6-17(22)11-15/h4-11,13-14H,12H2,1-3H3,(H,23,24,26). The average Bonchev–Trinajstić information content (AvgIpc) is 3.14. The van der Waals surface area contributed by atoms with Crippen LogP contribution in [0.4, 0.5) is 5.13 Å². The van der Waals surface area contributed by atoms with Crippen molar-refractivity contribution in [3.63, 3.8) is 0 Å². The van der Waals surface area contributed by atoms with Gasteiger partial charge in [0.1, 0.15) is 0 Å². The highest BCUT2D eigenvalue weighted by Gasteiger charge is 2.23. The van der Waals surface area contributed by atoms with Gasteiger partial charge in [0.2, 0.25) is 10.0 Å². The molecule has 1 heterocycles. The fourth-order valence-corrected chi connectivity index (χ4v) is 5.11. The summed E-state index contributed by atoms with van der Waals surface area (Å²) >= 11 is 7.40. The van der Waals surface area contributed by atoms with Crippen molar-refractivity contribution in [3.8, 4) is 0 Å². The minimum Gasteiger partial charge on any atom is -0.298 e. The Balaban J connectivity index is 1.67. The molecule has 0 bridgehead atoms. The second kappa shape index (κ2) is 9.26. The van der Waals surface area contributed by atoms with Crippen LogP contribution >= 0.6 is 22.9 Å². The third-order valence-electron chi connectivity index (χ3n) is 4.56. The molecule has 1 N–H and O–H groups in total. The first-order valence-corrected chi connectivity index (χ1v) is 11.9. The molecule has 9 heteroatoms. The van der Waals surface area contributed by atoms with Crippen LogP contribution in [-0.2, 0) is 16.4 Å². The number of nitrogens with zero attached hydrogens (tertiary/aromatic N) is 2. The number of carbonyl (C=O) groups excluding carboxylic acids is 1. The van der Waals surface area contributed by atoms with E-state index < -0.39 is 10.0 Å². The van der Waals surface area contributed by atoms with Crippen LogP contribution < -0.4 is 5.32 Å². The minimum atomic E-state index is -3.59. The second-order valence-electron chi connectivity index (χ2n) is 7.03. The van der Waals surface area contributed by atoms with Crippen molar-refractivity contribution in [1.82, 2.24) is 9.29 Å². The fraction of sp³-hybridized carbons (Fsp3) is 0.238. The lowest BCUT2D eigenvalue weighted by molar-refractivity contribution is 0.102. The van der Waals surface area contributed by atoms with Gasteiger partial charge >= 0.3 is 0 Å².